The number of nitrogens with zero attached hydrogens (tertiary/aromatic N) is 3. The normalized spacial score (nSPS) is 18.4. The smallest absolute Gasteiger partial charge is 0.253 e. The summed E-state index contributed by atoms with van der Waals surface area (Å²) in [6.45, 7) is 3.23. The Morgan fingerprint density at radius 2 is 2.22 bits per heavy atom. The van der Waals surface area contributed by atoms with Gasteiger partial charge in [-0.1, -0.05) is 12.1 Å². The van der Waals surface area contributed by atoms with E-state index in [9.17, 15) is 13.2 Å². The lowest BCUT2D eigenvalue weighted by atomic mass is 9.95. The molecule has 1 aliphatic rings. The molecule has 0 aliphatic carbocycles. The summed E-state index contributed by atoms with van der Waals surface area (Å²) in [6.07, 6.45) is 5.23. The first-order valence-electron chi connectivity index (χ1n) is 9.00. The molecule has 1 amide bonds. The molecule has 3 heterocycles. The van der Waals surface area contributed by atoms with Gasteiger partial charge in [0.15, 0.2) is 5.76 Å². The van der Waals surface area contributed by atoms with Crippen molar-refractivity contribution < 1.29 is 17.7 Å². The Balaban J connectivity index is 1.60. The monoisotopic (exact) mass is 392 g/mol. The lowest BCUT2D eigenvalue weighted by Gasteiger charge is -2.30. The number of carbonyl (C=O) groups is 1. The van der Waals surface area contributed by atoms with Crippen molar-refractivity contribution in [2.24, 2.45) is 0 Å². The molecule has 0 spiro atoms. The van der Waals surface area contributed by atoms with E-state index in [1.807, 2.05) is 13.0 Å². The largest absolute Gasteiger partial charge is 0.359 e. The van der Waals surface area contributed by atoms with Crippen molar-refractivity contribution in [2.45, 2.75) is 38.6 Å². The highest BCUT2D eigenvalue weighted by Gasteiger charge is 2.27. The molecule has 1 saturated heterocycles. The highest BCUT2D eigenvalue weighted by atomic mass is 32.2. The van der Waals surface area contributed by atoms with Crippen LogP contribution in [0.3, 0.4) is 0 Å². The van der Waals surface area contributed by atoms with Crippen molar-refractivity contribution in [1.29, 1.82) is 0 Å². The topological polar surface area (TPSA) is 105 Å². The molecule has 27 heavy (non-hydrogen) atoms. The molecule has 1 N–H and O–H groups in total. The summed E-state index contributed by atoms with van der Waals surface area (Å²) in [4.78, 5) is 16.7. The Kier molecular flexibility index (Phi) is 5.91. The van der Waals surface area contributed by atoms with E-state index in [0.29, 0.717) is 24.4 Å². The van der Waals surface area contributed by atoms with Crippen molar-refractivity contribution in [1.82, 2.24) is 19.8 Å². The van der Waals surface area contributed by atoms with Gasteiger partial charge in [0, 0.05) is 37.0 Å². The van der Waals surface area contributed by atoms with Crippen LogP contribution in [-0.4, -0.2) is 48.1 Å². The number of nitrogens with one attached hydrogen (secondary N) is 1. The SMILES string of the molecule is CCc1cc(CNC(=O)c2ccc(C3CCCN(S(C)(=O)=O)C3)nc2)on1. The number of aromatic nitrogens is 2. The number of piperidine rings is 1. The molecular weight excluding hydrogens is 368 g/mol. The fourth-order valence-corrected chi connectivity index (χ4v) is 4.05. The van der Waals surface area contributed by atoms with Crippen LogP contribution in [0.1, 0.15) is 53.2 Å². The molecule has 9 heteroatoms. The van der Waals surface area contributed by atoms with Gasteiger partial charge < -0.3 is 9.84 Å². The molecular formula is C18H24N4O4S. The molecule has 1 aliphatic heterocycles. The third-order valence-electron chi connectivity index (χ3n) is 4.71. The van der Waals surface area contributed by atoms with E-state index in [1.54, 1.807) is 12.1 Å². The van der Waals surface area contributed by atoms with Gasteiger partial charge in [-0.05, 0) is 31.4 Å². The molecule has 0 saturated carbocycles. The van der Waals surface area contributed by atoms with Crippen LogP contribution in [0, 0.1) is 0 Å². The molecule has 146 valence electrons. The zero-order valence-corrected chi connectivity index (χ0v) is 16.3. The molecule has 0 radical (unpaired) electrons. The highest BCUT2D eigenvalue weighted by molar-refractivity contribution is 7.88. The molecule has 2 aromatic heterocycles. The third kappa shape index (κ3) is 4.92. The second-order valence-electron chi connectivity index (χ2n) is 6.75. The fraction of sp³-hybridized carbons (Fsp3) is 0.500. The van der Waals surface area contributed by atoms with Gasteiger partial charge >= 0.3 is 0 Å². The minimum absolute atomic E-state index is 0.0484. The van der Waals surface area contributed by atoms with Gasteiger partial charge in [0.1, 0.15) is 0 Å². The predicted octanol–water partition coefficient (Wildman–Crippen LogP) is 1.70. The van der Waals surface area contributed by atoms with E-state index in [4.69, 9.17) is 4.52 Å². The number of pyridine rings is 1. The maximum atomic E-state index is 12.3. The van der Waals surface area contributed by atoms with E-state index in [-0.39, 0.29) is 18.4 Å². The van der Waals surface area contributed by atoms with Crippen molar-refractivity contribution in [3.05, 3.63) is 47.1 Å². The highest BCUT2D eigenvalue weighted by Crippen LogP contribution is 2.26. The molecule has 1 fully saturated rings. The molecule has 3 rings (SSSR count). The molecule has 1 atom stereocenters. The fourth-order valence-electron chi connectivity index (χ4n) is 3.14. The van der Waals surface area contributed by atoms with E-state index in [1.165, 1.54) is 16.8 Å². The summed E-state index contributed by atoms with van der Waals surface area (Å²) < 4.78 is 30.1. The lowest BCUT2D eigenvalue weighted by molar-refractivity contribution is 0.0946. The van der Waals surface area contributed by atoms with Crippen LogP contribution < -0.4 is 5.32 Å². The summed E-state index contributed by atoms with van der Waals surface area (Å²) in [5.41, 5.74) is 2.10. The quantitative estimate of drug-likeness (QED) is 0.802. The van der Waals surface area contributed by atoms with E-state index in [0.717, 1.165) is 30.7 Å². The summed E-state index contributed by atoms with van der Waals surface area (Å²) in [5, 5.41) is 6.67. The number of sulfonamides is 1. The zero-order valence-electron chi connectivity index (χ0n) is 15.5. The first-order valence-corrected chi connectivity index (χ1v) is 10.9. The molecule has 2 aromatic rings. The van der Waals surface area contributed by atoms with Crippen molar-refractivity contribution in [2.75, 3.05) is 19.3 Å². The average molecular weight is 392 g/mol. The summed E-state index contributed by atoms with van der Waals surface area (Å²) in [7, 11) is -3.19. The van der Waals surface area contributed by atoms with Crippen molar-refractivity contribution in [3.63, 3.8) is 0 Å². The maximum Gasteiger partial charge on any atom is 0.253 e. The number of hydrogen-bond acceptors (Lipinski definition) is 6. The number of aryl methyl sites for hydroxylation is 1. The summed E-state index contributed by atoms with van der Waals surface area (Å²) in [5.74, 6) is 0.407. The van der Waals surface area contributed by atoms with Crippen LogP contribution >= 0.6 is 0 Å². The number of hydrogen-bond donors (Lipinski definition) is 1. The van der Waals surface area contributed by atoms with Gasteiger partial charge in [-0.25, -0.2) is 12.7 Å². The molecule has 0 aromatic carbocycles. The van der Waals surface area contributed by atoms with Crippen LogP contribution in [0.15, 0.2) is 28.9 Å². The number of carbonyl (C=O) groups excluding carboxylic acids is 1. The van der Waals surface area contributed by atoms with Crippen LogP contribution in [-0.2, 0) is 23.0 Å². The molecule has 0 bridgehead atoms. The Labute approximate surface area is 159 Å². The van der Waals surface area contributed by atoms with Gasteiger partial charge in [-0.3, -0.25) is 9.78 Å². The van der Waals surface area contributed by atoms with Crippen LogP contribution in [0.4, 0.5) is 0 Å². The van der Waals surface area contributed by atoms with Crippen LogP contribution in [0.2, 0.25) is 0 Å². The number of amides is 1. The molecule has 1 unspecified atom stereocenters. The van der Waals surface area contributed by atoms with Crippen LogP contribution in [0.5, 0.6) is 0 Å². The second-order valence-corrected chi connectivity index (χ2v) is 8.74. The van der Waals surface area contributed by atoms with Gasteiger partial charge in [-0.2, -0.15) is 0 Å². The van der Waals surface area contributed by atoms with Gasteiger partial charge in [0.05, 0.1) is 24.1 Å². The lowest BCUT2D eigenvalue weighted by Crippen LogP contribution is -2.38. The van der Waals surface area contributed by atoms with Gasteiger partial charge in [-0.15, -0.1) is 0 Å². The average Bonchev–Trinajstić information content (AvgIpc) is 3.14. The van der Waals surface area contributed by atoms with E-state index < -0.39 is 10.0 Å². The van der Waals surface area contributed by atoms with Crippen LogP contribution in [0.25, 0.3) is 0 Å². The van der Waals surface area contributed by atoms with Crippen molar-refractivity contribution in [3.8, 4) is 0 Å². The van der Waals surface area contributed by atoms with Gasteiger partial charge in [0.2, 0.25) is 10.0 Å². The Hall–Kier alpha value is -2.26. The molecule has 8 nitrogen and oxygen atoms in total. The zero-order chi connectivity index (χ0) is 19.4. The Morgan fingerprint density at radius 3 is 2.85 bits per heavy atom. The standard InChI is InChI=1S/C18H24N4O4S/c1-3-15-9-16(26-21-15)11-20-18(23)13-6-7-17(19-10-13)14-5-4-8-22(12-14)27(2,24)25/h6-7,9-10,14H,3-5,8,11-12H2,1-2H3,(H,20,23). The third-order valence-corrected chi connectivity index (χ3v) is 5.98. The summed E-state index contributed by atoms with van der Waals surface area (Å²) in [6, 6.07) is 5.34. The Bertz CT molecular complexity index is 892. The predicted molar refractivity (Wildman–Crippen MR) is 99.7 cm³/mol. The second kappa shape index (κ2) is 8.18. The first kappa shape index (κ1) is 19.5. The first-order chi connectivity index (χ1) is 12.9. The minimum atomic E-state index is -3.19. The van der Waals surface area contributed by atoms with Gasteiger partial charge in [0.25, 0.3) is 5.91 Å². The van der Waals surface area contributed by atoms with E-state index in [2.05, 4.69) is 15.5 Å². The Morgan fingerprint density at radius 1 is 1.41 bits per heavy atom. The summed E-state index contributed by atoms with van der Waals surface area (Å²) >= 11 is 0. The maximum absolute atomic E-state index is 12.3. The van der Waals surface area contributed by atoms with E-state index >= 15 is 0 Å². The number of rotatable bonds is 6. The minimum Gasteiger partial charge on any atom is -0.359 e. The van der Waals surface area contributed by atoms with Crippen molar-refractivity contribution >= 4 is 15.9 Å².